The van der Waals surface area contributed by atoms with Crippen LogP contribution in [0.5, 0.6) is 0 Å². The van der Waals surface area contributed by atoms with Gasteiger partial charge in [-0.15, -0.1) is 12.4 Å². The number of hydrogen-bond donors (Lipinski definition) is 2. The minimum Gasteiger partial charge on any atom is -0.344 e. The van der Waals surface area contributed by atoms with Gasteiger partial charge in [-0.2, -0.15) is 0 Å². The first-order valence-corrected chi connectivity index (χ1v) is 7.03. The Bertz CT molecular complexity index is 319. The van der Waals surface area contributed by atoms with E-state index < -0.39 is 0 Å². The Labute approximate surface area is 120 Å². The molecule has 0 saturated carbocycles. The Hall–Kier alpha value is -0.810. The lowest BCUT2D eigenvalue weighted by Crippen LogP contribution is -2.52. The topological polar surface area (TPSA) is 61.4 Å². The van der Waals surface area contributed by atoms with Crippen molar-refractivity contribution in [2.75, 3.05) is 19.6 Å². The molecular formula is C13H24ClN3O2. The van der Waals surface area contributed by atoms with Gasteiger partial charge in [0.25, 0.3) is 0 Å². The van der Waals surface area contributed by atoms with Crippen LogP contribution in [0.3, 0.4) is 0 Å². The molecule has 2 saturated heterocycles. The zero-order valence-corrected chi connectivity index (χ0v) is 12.3. The Morgan fingerprint density at radius 3 is 2.53 bits per heavy atom. The van der Waals surface area contributed by atoms with Crippen molar-refractivity contribution in [3.63, 3.8) is 0 Å². The fraction of sp³-hybridized carbons (Fsp3) is 0.846. The maximum atomic E-state index is 12.5. The Kier molecular flexibility index (Phi) is 6.58. The molecule has 0 aliphatic carbocycles. The number of rotatable bonds is 4. The minimum absolute atomic E-state index is 0. The van der Waals surface area contributed by atoms with Gasteiger partial charge in [-0.1, -0.05) is 6.92 Å². The van der Waals surface area contributed by atoms with Gasteiger partial charge in [0, 0.05) is 19.0 Å². The third-order valence-corrected chi connectivity index (χ3v) is 3.79. The first-order valence-electron chi connectivity index (χ1n) is 7.03. The van der Waals surface area contributed by atoms with Crippen molar-refractivity contribution in [1.82, 2.24) is 15.5 Å². The second-order valence-electron chi connectivity index (χ2n) is 5.17. The smallest absolute Gasteiger partial charge is 0.245 e. The fourth-order valence-corrected chi connectivity index (χ4v) is 2.83. The molecule has 1 unspecified atom stereocenters. The molecule has 2 aliphatic rings. The Morgan fingerprint density at radius 2 is 2.00 bits per heavy atom. The molecule has 6 heteroatoms. The maximum absolute atomic E-state index is 12.5. The Morgan fingerprint density at radius 1 is 1.32 bits per heavy atom. The van der Waals surface area contributed by atoms with Crippen molar-refractivity contribution >= 4 is 24.2 Å². The van der Waals surface area contributed by atoms with Crippen LogP contribution in [0.1, 0.15) is 39.0 Å². The molecule has 2 fully saturated rings. The maximum Gasteiger partial charge on any atom is 0.245 e. The second kappa shape index (κ2) is 7.70. The lowest BCUT2D eigenvalue weighted by Gasteiger charge is -2.36. The van der Waals surface area contributed by atoms with Gasteiger partial charge in [0.05, 0.1) is 0 Å². The summed E-state index contributed by atoms with van der Waals surface area (Å²) in [5.41, 5.74) is 0. The zero-order chi connectivity index (χ0) is 13.0. The molecule has 0 aromatic heterocycles. The summed E-state index contributed by atoms with van der Waals surface area (Å²) >= 11 is 0. The summed E-state index contributed by atoms with van der Waals surface area (Å²) < 4.78 is 0. The lowest BCUT2D eigenvalue weighted by molar-refractivity contribution is -0.137. The lowest BCUT2D eigenvalue weighted by atomic mass is 10.0. The second-order valence-corrected chi connectivity index (χ2v) is 5.17. The van der Waals surface area contributed by atoms with Gasteiger partial charge in [0.2, 0.25) is 11.8 Å². The van der Waals surface area contributed by atoms with Gasteiger partial charge in [-0.3, -0.25) is 9.59 Å². The van der Waals surface area contributed by atoms with Gasteiger partial charge in [-0.05, 0) is 38.8 Å². The number of nitrogens with one attached hydrogen (secondary N) is 2. The highest BCUT2D eigenvalue weighted by atomic mass is 35.5. The van der Waals surface area contributed by atoms with Crippen LogP contribution in [0.2, 0.25) is 0 Å². The summed E-state index contributed by atoms with van der Waals surface area (Å²) in [7, 11) is 0. The van der Waals surface area contributed by atoms with Crippen LogP contribution < -0.4 is 10.6 Å². The summed E-state index contributed by atoms with van der Waals surface area (Å²) in [5, 5.41) is 6.11. The van der Waals surface area contributed by atoms with Crippen molar-refractivity contribution in [2.45, 2.75) is 51.1 Å². The number of hydrogen-bond acceptors (Lipinski definition) is 3. The molecule has 2 aliphatic heterocycles. The van der Waals surface area contributed by atoms with E-state index in [1.54, 1.807) is 0 Å². The van der Waals surface area contributed by atoms with E-state index in [0.29, 0.717) is 18.9 Å². The Balaban J connectivity index is 0.00000180. The van der Waals surface area contributed by atoms with E-state index in [-0.39, 0.29) is 30.3 Å². The number of halogens is 1. The molecule has 5 nitrogen and oxygen atoms in total. The van der Waals surface area contributed by atoms with E-state index in [4.69, 9.17) is 0 Å². The monoisotopic (exact) mass is 289 g/mol. The average molecular weight is 290 g/mol. The molecule has 110 valence electrons. The van der Waals surface area contributed by atoms with Crippen LogP contribution in [-0.2, 0) is 9.59 Å². The molecule has 0 bridgehead atoms. The van der Waals surface area contributed by atoms with Crippen molar-refractivity contribution in [1.29, 1.82) is 0 Å². The summed E-state index contributed by atoms with van der Waals surface area (Å²) in [5.74, 6) is 0.129. The summed E-state index contributed by atoms with van der Waals surface area (Å²) in [6, 6.07) is 0.0649. The van der Waals surface area contributed by atoms with Crippen LogP contribution in [0.25, 0.3) is 0 Å². The molecule has 0 aromatic carbocycles. The molecule has 2 rings (SSSR count). The van der Waals surface area contributed by atoms with Crippen molar-refractivity contribution in [3.8, 4) is 0 Å². The number of carbonyl (C=O) groups excluding carboxylic acids is 2. The van der Waals surface area contributed by atoms with Crippen molar-refractivity contribution < 1.29 is 9.59 Å². The standard InChI is InChI=1S/C13H23N3O2.ClH/c1-2-9-16(10-5-7-14-8-6-10)13(18)11-3-4-12(17)15-11;/h10-11,14H,2-9H2,1H3,(H,15,17);1H. The number of nitrogens with zero attached hydrogens (tertiary/aromatic N) is 1. The largest absolute Gasteiger partial charge is 0.344 e. The summed E-state index contributed by atoms with van der Waals surface area (Å²) in [6.45, 7) is 4.86. The van der Waals surface area contributed by atoms with Crippen LogP contribution in [0.4, 0.5) is 0 Å². The SMILES string of the molecule is CCCN(C(=O)C1CCC(=O)N1)C1CCNCC1.Cl. The quantitative estimate of drug-likeness (QED) is 0.800. The van der Waals surface area contributed by atoms with Crippen LogP contribution in [0.15, 0.2) is 0 Å². The molecule has 0 aromatic rings. The highest BCUT2D eigenvalue weighted by Gasteiger charge is 2.33. The normalized spacial score (nSPS) is 23.6. The third-order valence-electron chi connectivity index (χ3n) is 3.79. The summed E-state index contributed by atoms with van der Waals surface area (Å²) in [6.07, 6.45) is 4.15. The van der Waals surface area contributed by atoms with Crippen molar-refractivity contribution in [2.24, 2.45) is 0 Å². The molecule has 2 amide bonds. The van der Waals surface area contributed by atoms with E-state index in [1.165, 1.54) is 0 Å². The highest BCUT2D eigenvalue weighted by Crippen LogP contribution is 2.17. The molecule has 0 spiro atoms. The number of piperidine rings is 1. The van der Waals surface area contributed by atoms with Gasteiger partial charge in [-0.25, -0.2) is 0 Å². The first-order chi connectivity index (χ1) is 8.72. The summed E-state index contributed by atoms with van der Waals surface area (Å²) in [4.78, 5) is 25.7. The molecule has 0 radical (unpaired) electrons. The third kappa shape index (κ3) is 4.08. The van der Waals surface area contributed by atoms with Gasteiger partial charge in [0.1, 0.15) is 6.04 Å². The molecule has 19 heavy (non-hydrogen) atoms. The average Bonchev–Trinajstić information content (AvgIpc) is 2.83. The van der Waals surface area contributed by atoms with Crippen LogP contribution in [0, 0.1) is 0 Å². The zero-order valence-electron chi connectivity index (χ0n) is 11.5. The molecular weight excluding hydrogens is 266 g/mol. The van der Waals surface area contributed by atoms with E-state index in [0.717, 1.165) is 38.9 Å². The van der Waals surface area contributed by atoms with E-state index in [2.05, 4.69) is 17.6 Å². The van der Waals surface area contributed by atoms with Gasteiger partial charge >= 0.3 is 0 Å². The van der Waals surface area contributed by atoms with E-state index >= 15 is 0 Å². The van der Waals surface area contributed by atoms with E-state index in [1.807, 2.05) is 4.90 Å². The molecule has 2 heterocycles. The molecule has 1 atom stereocenters. The van der Waals surface area contributed by atoms with E-state index in [9.17, 15) is 9.59 Å². The predicted octanol–water partition coefficient (Wildman–Crippen LogP) is 0.677. The molecule has 2 N–H and O–H groups in total. The van der Waals surface area contributed by atoms with Crippen LogP contribution in [-0.4, -0.2) is 48.4 Å². The fourth-order valence-electron chi connectivity index (χ4n) is 2.83. The predicted molar refractivity (Wildman–Crippen MR) is 76.3 cm³/mol. The van der Waals surface area contributed by atoms with Crippen LogP contribution >= 0.6 is 12.4 Å². The van der Waals surface area contributed by atoms with Gasteiger partial charge in [0.15, 0.2) is 0 Å². The van der Waals surface area contributed by atoms with Gasteiger partial charge < -0.3 is 15.5 Å². The van der Waals surface area contributed by atoms with Crippen molar-refractivity contribution in [3.05, 3.63) is 0 Å². The highest BCUT2D eigenvalue weighted by molar-refractivity contribution is 5.91. The minimum atomic E-state index is -0.279. The first kappa shape index (κ1) is 16.2. The number of carbonyl (C=O) groups is 2. The number of amides is 2.